The van der Waals surface area contributed by atoms with Crippen molar-refractivity contribution in [3.63, 3.8) is 0 Å². The number of aryl methyl sites for hydroxylation is 1. The van der Waals surface area contributed by atoms with Gasteiger partial charge in [0.2, 0.25) is 0 Å². The smallest absolute Gasteiger partial charge is 0.264 e. The molecule has 3 heteroatoms. The Balaban J connectivity index is 1.94. The highest BCUT2D eigenvalue weighted by molar-refractivity contribution is 7.21. The molecule has 1 aromatic heterocycles. The second-order valence-corrected chi connectivity index (χ2v) is 6.31. The molecule has 2 nitrogen and oxygen atoms in total. The molecule has 0 unspecified atom stereocenters. The number of benzene rings is 1. The fourth-order valence-electron chi connectivity index (χ4n) is 2.80. The van der Waals surface area contributed by atoms with E-state index in [0.29, 0.717) is 0 Å². The van der Waals surface area contributed by atoms with E-state index in [4.69, 9.17) is 0 Å². The summed E-state index contributed by atoms with van der Waals surface area (Å²) in [7, 11) is 0. The second kappa shape index (κ2) is 5.33. The number of hydrogen-bond donors (Lipinski definition) is 0. The van der Waals surface area contributed by atoms with E-state index in [1.807, 2.05) is 17.0 Å². The topological polar surface area (TPSA) is 20.3 Å². The van der Waals surface area contributed by atoms with Crippen LogP contribution in [0.1, 0.15) is 40.9 Å². The maximum Gasteiger partial charge on any atom is 0.264 e. The lowest BCUT2D eigenvalue weighted by Crippen LogP contribution is -2.31. The van der Waals surface area contributed by atoms with Gasteiger partial charge >= 0.3 is 0 Å². The maximum atomic E-state index is 12.7. The predicted molar refractivity (Wildman–Crippen MR) is 80.9 cm³/mol. The van der Waals surface area contributed by atoms with Crippen molar-refractivity contribution in [2.24, 2.45) is 0 Å². The number of rotatable bonds is 1. The number of hydrogen-bond acceptors (Lipinski definition) is 2. The summed E-state index contributed by atoms with van der Waals surface area (Å²) < 4.78 is 1.22. The normalized spacial score (nSPS) is 16.6. The molecule has 2 heterocycles. The molecule has 1 amide bonds. The molecule has 0 aliphatic carbocycles. The number of carbonyl (C=O) groups is 1. The quantitative estimate of drug-likeness (QED) is 0.761. The third kappa shape index (κ3) is 2.39. The van der Waals surface area contributed by atoms with Gasteiger partial charge in [-0.05, 0) is 36.8 Å². The average molecular weight is 273 g/mol. The molecule has 0 atom stereocenters. The van der Waals surface area contributed by atoms with Gasteiger partial charge in [-0.1, -0.05) is 31.0 Å². The second-order valence-electron chi connectivity index (χ2n) is 5.26. The first kappa shape index (κ1) is 12.7. The molecule has 100 valence electrons. The van der Waals surface area contributed by atoms with Gasteiger partial charge in [-0.15, -0.1) is 11.3 Å². The van der Waals surface area contributed by atoms with Gasteiger partial charge in [-0.3, -0.25) is 4.79 Å². The summed E-state index contributed by atoms with van der Waals surface area (Å²) in [4.78, 5) is 15.7. The first-order chi connectivity index (χ1) is 9.27. The summed E-state index contributed by atoms with van der Waals surface area (Å²) in [6, 6.07) is 8.30. The number of amides is 1. The van der Waals surface area contributed by atoms with Gasteiger partial charge in [0.05, 0.1) is 4.88 Å². The number of carbonyl (C=O) groups excluding carboxylic acids is 1. The molecule has 1 aromatic carbocycles. The molecular weight excluding hydrogens is 254 g/mol. The number of likely N-dealkylation sites (tertiary alicyclic amines) is 1. The van der Waals surface area contributed by atoms with Crippen LogP contribution in [0.2, 0.25) is 0 Å². The Morgan fingerprint density at radius 1 is 1.11 bits per heavy atom. The van der Waals surface area contributed by atoms with Crippen molar-refractivity contribution in [2.45, 2.75) is 32.6 Å². The Hall–Kier alpha value is -1.35. The van der Waals surface area contributed by atoms with Crippen LogP contribution in [-0.4, -0.2) is 23.9 Å². The van der Waals surface area contributed by atoms with Gasteiger partial charge in [0.25, 0.3) is 5.91 Å². The van der Waals surface area contributed by atoms with E-state index in [-0.39, 0.29) is 5.91 Å². The van der Waals surface area contributed by atoms with Crippen LogP contribution in [0.15, 0.2) is 24.3 Å². The van der Waals surface area contributed by atoms with Crippen molar-refractivity contribution in [1.82, 2.24) is 4.90 Å². The lowest BCUT2D eigenvalue weighted by atomic mass is 10.1. The van der Waals surface area contributed by atoms with Gasteiger partial charge in [-0.25, -0.2) is 0 Å². The zero-order chi connectivity index (χ0) is 13.2. The van der Waals surface area contributed by atoms with Gasteiger partial charge in [-0.2, -0.15) is 0 Å². The fraction of sp³-hybridized carbons (Fsp3) is 0.438. The van der Waals surface area contributed by atoms with Crippen LogP contribution in [0.4, 0.5) is 0 Å². The minimum atomic E-state index is 0.237. The molecule has 19 heavy (non-hydrogen) atoms. The molecule has 3 rings (SSSR count). The third-order valence-corrected chi connectivity index (χ3v) is 5.19. The molecule has 0 spiro atoms. The lowest BCUT2D eigenvalue weighted by molar-refractivity contribution is 0.0766. The highest BCUT2D eigenvalue weighted by Crippen LogP contribution is 2.31. The third-order valence-electron chi connectivity index (χ3n) is 3.93. The fourth-order valence-corrected chi connectivity index (χ4v) is 3.97. The van der Waals surface area contributed by atoms with Crippen molar-refractivity contribution in [1.29, 1.82) is 0 Å². The molecule has 0 radical (unpaired) electrons. The average Bonchev–Trinajstić information content (AvgIpc) is 2.64. The highest BCUT2D eigenvalue weighted by atomic mass is 32.1. The lowest BCUT2D eigenvalue weighted by Gasteiger charge is -2.19. The monoisotopic (exact) mass is 273 g/mol. The molecule has 1 saturated heterocycles. The van der Waals surface area contributed by atoms with E-state index in [1.54, 1.807) is 11.3 Å². The van der Waals surface area contributed by atoms with Crippen molar-refractivity contribution in [3.05, 3.63) is 34.7 Å². The van der Waals surface area contributed by atoms with Gasteiger partial charge in [0, 0.05) is 17.8 Å². The van der Waals surface area contributed by atoms with Gasteiger partial charge in [0.1, 0.15) is 0 Å². The number of thiophene rings is 1. The van der Waals surface area contributed by atoms with E-state index >= 15 is 0 Å². The predicted octanol–water partition coefficient (Wildman–Crippen LogP) is 4.23. The number of fused-ring (bicyclic) bond motifs is 1. The Morgan fingerprint density at radius 2 is 1.79 bits per heavy atom. The number of nitrogens with zero attached hydrogens (tertiary/aromatic N) is 1. The Kier molecular flexibility index (Phi) is 3.56. The molecule has 1 aliphatic heterocycles. The summed E-state index contributed by atoms with van der Waals surface area (Å²) in [5.41, 5.74) is 1.15. The van der Waals surface area contributed by atoms with Gasteiger partial charge < -0.3 is 4.90 Å². The minimum Gasteiger partial charge on any atom is -0.338 e. The molecule has 1 aliphatic rings. The zero-order valence-electron chi connectivity index (χ0n) is 11.3. The summed E-state index contributed by atoms with van der Waals surface area (Å²) in [5, 5.41) is 1.23. The zero-order valence-corrected chi connectivity index (χ0v) is 12.1. The van der Waals surface area contributed by atoms with E-state index in [2.05, 4.69) is 19.1 Å². The van der Waals surface area contributed by atoms with Crippen LogP contribution >= 0.6 is 11.3 Å². The van der Waals surface area contributed by atoms with Crippen LogP contribution in [0.25, 0.3) is 10.1 Å². The largest absolute Gasteiger partial charge is 0.338 e. The van der Waals surface area contributed by atoms with E-state index in [0.717, 1.165) is 36.4 Å². The Bertz CT molecular complexity index is 594. The molecule has 0 N–H and O–H groups in total. The molecule has 0 bridgehead atoms. The van der Waals surface area contributed by atoms with Crippen molar-refractivity contribution in [2.75, 3.05) is 13.1 Å². The molecule has 0 saturated carbocycles. The minimum absolute atomic E-state index is 0.237. The van der Waals surface area contributed by atoms with E-state index < -0.39 is 0 Å². The molecule has 1 fully saturated rings. The van der Waals surface area contributed by atoms with E-state index in [9.17, 15) is 4.79 Å². The summed E-state index contributed by atoms with van der Waals surface area (Å²) in [5.74, 6) is 0.237. The summed E-state index contributed by atoms with van der Waals surface area (Å²) in [6.07, 6.45) is 4.82. The standard InChI is InChI=1S/C16H19NOS/c1-12-13-8-4-5-9-14(13)19-15(12)16(18)17-10-6-2-3-7-11-17/h4-5,8-9H,2-3,6-7,10-11H2,1H3. The summed E-state index contributed by atoms with van der Waals surface area (Å²) >= 11 is 1.64. The first-order valence-corrected chi connectivity index (χ1v) is 7.86. The Labute approximate surface area is 118 Å². The molecule has 2 aromatic rings. The van der Waals surface area contributed by atoms with Crippen molar-refractivity contribution >= 4 is 27.3 Å². The van der Waals surface area contributed by atoms with Crippen LogP contribution in [-0.2, 0) is 0 Å². The van der Waals surface area contributed by atoms with Crippen LogP contribution in [0, 0.1) is 6.92 Å². The summed E-state index contributed by atoms with van der Waals surface area (Å²) in [6.45, 7) is 3.92. The Morgan fingerprint density at radius 3 is 2.47 bits per heavy atom. The van der Waals surface area contributed by atoms with Crippen LogP contribution in [0.5, 0.6) is 0 Å². The SMILES string of the molecule is Cc1c(C(=O)N2CCCCCC2)sc2ccccc12. The van der Waals surface area contributed by atoms with Crippen LogP contribution in [0.3, 0.4) is 0 Å². The highest BCUT2D eigenvalue weighted by Gasteiger charge is 2.21. The molecular formula is C16H19NOS. The van der Waals surface area contributed by atoms with Crippen LogP contribution < -0.4 is 0 Å². The van der Waals surface area contributed by atoms with E-state index in [1.165, 1.54) is 22.9 Å². The first-order valence-electron chi connectivity index (χ1n) is 7.05. The van der Waals surface area contributed by atoms with Crippen molar-refractivity contribution < 1.29 is 4.79 Å². The van der Waals surface area contributed by atoms with Gasteiger partial charge in [0.15, 0.2) is 0 Å². The maximum absolute atomic E-state index is 12.7. The van der Waals surface area contributed by atoms with Crippen molar-refractivity contribution in [3.8, 4) is 0 Å².